The third-order valence-corrected chi connectivity index (χ3v) is 3.46. The van der Waals surface area contributed by atoms with Crippen molar-refractivity contribution in [1.82, 2.24) is 4.90 Å². The van der Waals surface area contributed by atoms with Crippen LogP contribution < -0.4 is 15.8 Å². The molecule has 0 heterocycles. The minimum Gasteiger partial charge on any atom is -0.492 e. The standard InChI is InChI=1S/C18H21N3O3/c1-13-6-8-16(9-7-13)24-11-10-21(2)18(23)20-15-5-3-4-14(12-15)17(19)22/h3-9,12H,10-11H2,1-2H3,(H2,19,22)(H,20,23). The zero-order chi connectivity index (χ0) is 17.5. The number of benzene rings is 2. The second-order valence-corrected chi connectivity index (χ2v) is 5.46. The van der Waals surface area contributed by atoms with Gasteiger partial charge in [0.25, 0.3) is 0 Å². The number of primary amides is 1. The van der Waals surface area contributed by atoms with E-state index in [1.807, 2.05) is 31.2 Å². The third kappa shape index (κ3) is 5.01. The van der Waals surface area contributed by atoms with E-state index in [2.05, 4.69) is 5.32 Å². The molecule has 6 heteroatoms. The molecule has 0 aromatic heterocycles. The Morgan fingerprint density at radius 2 is 1.88 bits per heavy atom. The van der Waals surface area contributed by atoms with Gasteiger partial charge >= 0.3 is 6.03 Å². The molecule has 6 nitrogen and oxygen atoms in total. The van der Waals surface area contributed by atoms with Crippen molar-refractivity contribution in [2.24, 2.45) is 5.73 Å². The molecule has 3 N–H and O–H groups in total. The number of urea groups is 1. The molecule has 0 fully saturated rings. The van der Waals surface area contributed by atoms with Crippen LogP contribution in [0.4, 0.5) is 10.5 Å². The number of amides is 3. The largest absolute Gasteiger partial charge is 0.492 e. The number of nitrogens with one attached hydrogen (secondary N) is 1. The summed E-state index contributed by atoms with van der Waals surface area (Å²) in [6, 6.07) is 13.9. The first-order valence-electron chi connectivity index (χ1n) is 7.57. The minimum absolute atomic E-state index is 0.288. The number of nitrogens with two attached hydrogens (primary N) is 1. The van der Waals surface area contributed by atoms with Gasteiger partial charge in [-0.1, -0.05) is 23.8 Å². The van der Waals surface area contributed by atoms with Crippen molar-refractivity contribution in [3.8, 4) is 5.75 Å². The lowest BCUT2D eigenvalue weighted by atomic mass is 10.2. The summed E-state index contributed by atoms with van der Waals surface area (Å²) in [5, 5.41) is 2.72. The number of rotatable bonds is 6. The van der Waals surface area contributed by atoms with Crippen molar-refractivity contribution < 1.29 is 14.3 Å². The lowest BCUT2D eigenvalue weighted by Gasteiger charge is -2.18. The lowest BCUT2D eigenvalue weighted by molar-refractivity contribution is 0.1000. The van der Waals surface area contributed by atoms with E-state index in [0.29, 0.717) is 24.4 Å². The van der Waals surface area contributed by atoms with Crippen molar-refractivity contribution in [1.29, 1.82) is 0 Å². The Hall–Kier alpha value is -3.02. The molecule has 2 aromatic rings. The van der Waals surface area contributed by atoms with Gasteiger partial charge in [0, 0.05) is 18.3 Å². The second-order valence-electron chi connectivity index (χ2n) is 5.46. The number of carbonyl (C=O) groups excluding carboxylic acids is 2. The predicted molar refractivity (Wildman–Crippen MR) is 93.3 cm³/mol. The van der Waals surface area contributed by atoms with Crippen molar-refractivity contribution in [3.63, 3.8) is 0 Å². The van der Waals surface area contributed by atoms with E-state index in [4.69, 9.17) is 10.5 Å². The Labute approximate surface area is 141 Å². The highest BCUT2D eigenvalue weighted by atomic mass is 16.5. The maximum absolute atomic E-state index is 12.1. The predicted octanol–water partition coefficient (Wildman–Crippen LogP) is 2.64. The van der Waals surface area contributed by atoms with E-state index in [-0.39, 0.29) is 6.03 Å². The zero-order valence-corrected chi connectivity index (χ0v) is 13.8. The minimum atomic E-state index is -0.536. The van der Waals surface area contributed by atoms with Crippen molar-refractivity contribution >= 4 is 17.6 Å². The summed E-state index contributed by atoms with van der Waals surface area (Å²) in [6.45, 7) is 2.82. The average Bonchev–Trinajstić information content (AvgIpc) is 2.56. The fourth-order valence-corrected chi connectivity index (χ4v) is 2.01. The maximum atomic E-state index is 12.1. The Morgan fingerprint density at radius 1 is 1.17 bits per heavy atom. The molecule has 24 heavy (non-hydrogen) atoms. The number of nitrogens with zero attached hydrogens (tertiary/aromatic N) is 1. The number of aryl methyl sites for hydroxylation is 1. The average molecular weight is 327 g/mol. The molecule has 0 saturated carbocycles. The fourth-order valence-electron chi connectivity index (χ4n) is 2.01. The first kappa shape index (κ1) is 17.3. The zero-order valence-electron chi connectivity index (χ0n) is 13.8. The first-order valence-corrected chi connectivity index (χ1v) is 7.57. The highest BCUT2D eigenvalue weighted by Crippen LogP contribution is 2.12. The van der Waals surface area contributed by atoms with Crippen LogP contribution in [0.2, 0.25) is 0 Å². The number of anilines is 1. The van der Waals surface area contributed by atoms with Crippen LogP contribution in [0.15, 0.2) is 48.5 Å². The van der Waals surface area contributed by atoms with Gasteiger partial charge in [-0.2, -0.15) is 0 Å². The van der Waals surface area contributed by atoms with Gasteiger partial charge in [0.15, 0.2) is 0 Å². The Kier molecular flexibility index (Phi) is 5.78. The molecule has 126 valence electrons. The van der Waals surface area contributed by atoms with Crippen molar-refractivity contribution in [3.05, 3.63) is 59.7 Å². The van der Waals surface area contributed by atoms with Crippen LogP contribution in [-0.2, 0) is 0 Å². The topological polar surface area (TPSA) is 84.7 Å². The number of carbonyl (C=O) groups is 2. The fraction of sp³-hybridized carbons (Fsp3) is 0.222. The van der Waals surface area contributed by atoms with Crippen LogP contribution in [0, 0.1) is 6.92 Å². The van der Waals surface area contributed by atoms with Gasteiger partial charge in [-0.15, -0.1) is 0 Å². The summed E-state index contributed by atoms with van der Waals surface area (Å²) < 4.78 is 5.60. The van der Waals surface area contributed by atoms with Gasteiger partial charge in [-0.05, 0) is 37.3 Å². The summed E-state index contributed by atoms with van der Waals surface area (Å²) in [7, 11) is 1.67. The molecule has 0 unspecified atom stereocenters. The van der Waals surface area contributed by atoms with E-state index < -0.39 is 5.91 Å². The molecule has 0 atom stereocenters. The number of hydrogen-bond donors (Lipinski definition) is 2. The summed E-state index contributed by atoms with van der Waals surface area (Å²) in [5.74, 6) is 0.231. The van der Waals surface area contributed by atoms with Crippen molar-refractivity contribution in [2.75, 3.05) is 25.5 Å². The second kappa shape index (κ2) is 8.01. The summed E-state index contributed by atoms with van der Waals surface area (Å²) in [6.07, 6.45) is 0. The highest BCUT2D eigenvalue weighted by Gasteiger charge is 2.10. The molecule has 0 aliphatic rings. The van der Waals surface area contributed by atoms with Crippen LogP contribution in [0.25, 0.3) is 0 Å². The van der Waals surface area contributed by atoms with Crippen LogP contribution in [0.5, 0.6) is 5.75 Å². The van der Waals surface area contributed by atoms with E-state index in [1.165, 1.54) is 11.0 Å². The Balaban J connectivity index is 1.82. The maximum Gasteiger partial charge on any atom is 0.321 e. The van der Waals surface area contributed by atoms with Crippen molar-refractivity contribution in [2.45, 2.75) is 6.92 Å². The van der Waals surface area contributed by atoms with E-state index >= 15 is 0 Å². The van der Waals surface area contributed by atoms with E-state index in [9.17, 15) is 9.59 Å². The molecular formula is C18H21N3O3. The number of ether oxygens (including phenoxy) is 1. The molecule has 0 bridgehead atoms. The van der Waals surface area contributed by atoms with Gasteiger partial charge in [0.1, 0.15) is 12.4 Å². The lowest BCUT2D eigenvalue weighted by Crippen LogP contribution is -2.34. The number of likely N-dealkylation sites (N-methyl/N-ethyl adjacent to an activating group) is 1. The Bertz CT molecular complexity index is 714. The Morgan fingerprint density at radius 3 is 2.54 bits per heavy atom. The van der Waals surface area contributed by atoms with Gasteiger partial charge in [-0.3, -0.25) is 4.79 Å². The van der Waals surface area contributed by atoms with Gasteiger partial charge in [0.05, 0.1) is 6.54 Å². The first-order chi connectivity index (χ1) is 11.5. The molecule has 0 radical (unpaired) electrons. The summed E-state index contributed by atoms with van der Waals surface area (Å²) in [4.78, 5) is 24.8. The summed E-state index contributed by atoms with van der Waals surface area (Å²) in [5.41, 5.74) is 7.25. The number of hydrogen-bond acceptors (Lipinski definition) is 3. The monoisotopic (exact) mass is 327 g/mol. The smallest absolute Gasteiger partial charge is 0.321 e. The van der Waals surface area contributed by atoms with E-state index in [1.54, 1.807) is 25.2 Å². The summed E-state index contributed by atoms with van der Waals surface area (Å²) >= 11 is 0. The highest BCUT2D eigenvalue weighted by molar-refractivity contribution is 5.95. The molecule has 0 aliphatic heterocycles. The molecule has 0 spiro atoms. The third-order valence-electron chi connectivity index (χ3n) is 3.46. The van der Waals surface area contributed by atoms with Crippen LogP contribution in [0.1, 0.15) is 15.9 Å². The molecule has 0 saturated heterocycles. The van der Waals surface area contributed by atoms with Gasteiger partial charge in [0.2, 0.25) is 5.91 Å². The normalized spacial score (nSPS) is 10.1. The van der Waals surface area contributed by atoms with Crippen LogP contribution in [-0.4, -0.2) is 37.0 Å². The molecule has 3 amide bonds. The SMILES string of the molecule is Cc1ccc(OCCN(C)C(=O)Nc2cccc(C(N)=O)c2)cc1. The van der Waals surface area contributed by atoms with Gasteiger partial charge < -0.3 is 20.7 Å². The molecular weight excluding hydrogens is 306 g/mol. The molecule has 2 rings (SSSR count). The van der Waals surface area contributed by atoms with E-state index in [0.717, 1.165) is 11.3 Å². The quantitative estimate of drug-likeness (QED) is 0.855. The van der Waals surface area contributed by atoms with Crippen LogP contribution in [0.3, 0.4) is 0 Å². The molecule has 2 aromatic carbocycles. The van der Waals surface area contributed by atoms with Gasteiger partial charge in [-0.25, -0.2) is 4.79 Å². The molecule has 0 aliphatic carbocycles. The van der Waals surface area contributed by atoms with Crippen LogP contribution >= 0.6 is 0 Å².